The second-order valence-electron chi connectivity index (χ2n) is 2.66. The number of rotatable bonds is 9. The van der Waals surface area contributed by atoms with Gasteiger partial charge >= 0.3 is 0 Å². The molecule has 0 heterocycles. The Morgan fingerprint density at radius 2 is 2.07 bits per heavy atom. The van der Waals surface area contributed by atoms with Gasteiger partial charge in [0.15, 0.2) is 0 Å². The van der Waals surface area contributed by atoms with Crippen molar-refractivity contribution in [3.63, 3.8) is 0 Å². The first-order valence-corrected chi connectivity index (χ1v) is 4.87. The highest BCUT2D eigenvalue weighted by Crippen LogP contribution is 1.82. The highest BCUT2D eigenvalue weighted by atomic mass is 16.5. The molecule has 4 nitrogen and oxygen atoms in total. The second-order valence-corrected chi connectivity index (χ2v) is 2.66. The van der Waals surface area contributed by atoms with Gasteiger partial charge in [0, 0.05) is 19.8 Å². The molecular formula is C10H19NO3. The van der Waals surface area contributed by atoms with Gasteiger partial charge in [0.1, 0.15) is 0 Å². The molecule has 1 N–H and O–H groups in total. The SMILES string of the molecule is C=CC(=O)NCCCOCCOCC. The van der Waals surface area contributed by atoms with Crippen LogP contribution in [0.1, 0.15) is 13.3 Å². The molecule has 14 heavy (non-hydrogen) atoms. The van der Waals surface area contributed by atoms with E-state index in [1.165, 1.54) is 6.08 Å². The second kappa shape index (κ2) is 10.2. The van der Waals surface area contributed by atoms with Gasteiger partial charge in [0.2, 0.25) is 5.91 Å². The average molecular weight is 201 g/mol. The lowest BCUT2D eigenvalue weighted by atomic mass is 10.4. The van der Waals surface area contributed by atoms with Crippen LogP contribution in [0.15, 0.2) is 12.7 Å². The van der Waals surface area contributed by atoms with Crippen molar-refractivity contribution >= 4 is 5.91 Å². The average Bonchev–Trinajstić information content (AvgIpc) is 2.21. The first kappa shape index (κ1) is 13.1. The molecule has 0 unspecified atom stereocenters. The van der Waals surface area contributed by atoms with Crippen LogP contribution >= 0.6 is 0 Å². The minimum Gasteiger partial charge on any atom is -0.379 e. The van der Waals surface area contributed by atoms with Crippen molar-refractivity contribution in [3.8, 4) is 0 Å². The van der Waals surface area contributed by atoms with Crippen molar-refractivity contribution in [2.75, 3.05) is 33.0 Å². The highest BCUT2D eigenvalue weighted by molar-refractivity contribution is 5.86. The van der Waals surface area contributed by atoms with Gasteiger partial charge in [0.05, 0.1) is 13.2 Å². The predicted octanol–water partition coefficient (Wildman–Crippen LogP) is 0.732. The maximum atomic E-state index is 10.7. The van der Waals surface area contributed by atoms with E-state index < -0.39 is 0 Å². The Hall–Kier alpha value is -0.870. The van der Waals surface area contributed by atoms with Crippen LogP contribution in [0.2, 0.25) is 0 Å². The van der Waals surface area contributed by atoms with E-state index in [2.05, 4.69) is 11.9 Å². The molecule has 0 aromatic carbocycles. The predicted molar refractivity (Wildman–Crippen MR) is 55.1 cm³/mol. The quantitative estimate of drug-likeness (QED) is 0.442. The van der Waals surface area contributed by atoms with Crippen molar-refractivity contribution in [2.45, 2.75) is 13.3 Å². The third-order valence-electron chi connectivity index (χ3n) is 1.53. The van der Waals surface area contributed by atoms with Gasteiger partial charge in [-0.05, 0) is 19.4 Å². The molecule has 82 valence electrons. The van der Waals surface area contributed by atoms with Gasteiger partial charge in [-0.25, -0.2) is 0 Å². The minimum atomic E-state index is -0.140. The summed E-state index contributed by atoms with van der Waals surface area (Å²) < 4.78 is 10.3. The smallest absolute Gasteiger partial charge is 0.243 e. The maximum Gasteiger partial charge on any atom is 0.243 e. The molecule has 0 radical (unpaired) electrons. The largest absolute Gasteiger partial charge is 0.379 e. The molecule has 0 aliphatic carbocycles. The summed E-state index contributed by atoms with van der Waals surface area (Å²) in [5.74, 6) is -0.140. The van der Waals surface area contributed by atoms with E-state index in [9.17, 15) is 4.79 Å². The molecule has 0 spiro atoms. The van der Waals surface area contributed by atoms with Crippen LogP contribution in [0.3, 0.4) is 0 Å². The first-order valence-electron chi connectivity index (χ1n) is 4.87. The number of amides is 1. The van der Waals surface area contributed by atoms with Crippen LogP contribution in [0.5, 0.6) is 0 Å². The third kappa shape index (κ3) is 9.22. The van der Waals surface area contributed by atoms with Crippen LogP contribution in [0.25, 0.3) is 0 Å². The summed E-state index contributed by atoms with van der Waals surface area (Å²) in [6.45, 7) is 8.54. The van der Waals surface area contributed by atoms with Crippen molar-refractivity contribution in [2.24, 2.45) is 0 Å². The molecule has 0 fully saturated rings. The molecule has 0 saturated carbocycles. The fourth-order valence-electron chi connectivity index (χ4n) is 0.822. The minimum absolute atomic E-state index is 0.140. The number of hydrogen-bond acceptors (Lipinski definition) is 3. The summed E-state index contributed by atoms with van der Waals surface area (Å²) in [6.07, 6.45) is 2.07. The number of carbonyl (C=O) groups is 1. The van der Waals surface area contributed by atoms with Gasteiger partial charge in [-0.3, -0.25) is 4.79 Å². The maximum absolute atomic E-state index is 10.7. The topological polar surface area (TPSA) is 47.6 Å². The zero-order chi connectivity index (χ0) is 10.6. The Balaban J connectivity index is 2.99. The van der Waals surface area contributed by atoms with Gasteiger partial charge in [0.25, 0.3) is 0 Å². The summed E-state index contributed by atoms with van der Waals surface area (Å²) in [7, 11) is 0. The Bertz CT molecular complexity index is 159. The summed E-state index contributed by atoms with van der Waals surface area (Å²) >= 11 is 0. The third-order valence-corrected chi connectivity index (χ3v) is 1.53. The molecule has 0 aliphatic heterocycles. The molecule has 0 saturated heterocycles. The number of nitrogens with one attached hydrogen (secondary N) is 1. The Labute approximate surface area is 85.3 Å². The Morgan fingerprint density at radius 1 is 1.36 bits per heavy atom. The molecule has 0 bridgehead atoms. The van der Waals surface area contributed by atoms with Gasteiger partial charge in [-0.15, -0.1) is 0 Å². The van der Waals surface area contributed by atoms with E-state index in [4.69, 9.17) is 9.47 Å². The fraction of sp³-hybridized carbons (Fsp3) is 0.700. The van der Waals surface area contributed by atoms with Crippen molar-refractivity contribution < 1.29 is 14.3 Å². The van der Waals surface area contributed by atoms with Crippen LogP contribution in [-0.4, -0.2) is 38.9 Å². The molecular weight excluding hydrogens is 182 g/mol. The summed E-state index contributed by atoms with van der Waals surface area (Å²) in [5, 5.41) is 2.67. The molecule has 0 atom stereocenters. The monoisotopic (exact) mass is 201 g/mol. The summed E-state index contributed by atoms with van der Waals surface area (Å²) in [5.41, 5.74) is 0. The number of ether oxygens (including phenoxy) is 2. The van der Waals surface area contributed by atoms with E-state index in [-0.39, 0.29) is 5.91 Å². The summed E-state index contributed by atoms with van der Waals surface area (Å²) in [4.78, 5) is 10.7. The molecule has 0 rings (SSSR count). The van der Waals surface area contributed by atoms with E-state index >= 15 is 0 Å². The van der Waals surface area contributed by atoms with Crippen LogP contribution in [0.4, 0.5) is 0 Å². The van der Waals surface area contributed by atoms with E-state index in [0.717, 1.165) is 13.0 Å². The standard InChI is InChI=1S/C10H19NO3/c1-3-10(12)11-6-5-7-14-9-8-13-4-2/h3H,1,4-9H2,2H3,(H,11,12). The molecule has 0 aromatic rings. The highest BCUT2D eigenvalue weighted by Gasteiger charge is 1.92. The number of hydrogen-bond donors (Lipinski definition) is 1. The Kier molecular flexibility index (Phi) is 9.58. The van der Waals surface area contributed by atoms with Crippen molar-refractivity contribution in [1.82, 2.24) is 5.32 Å². The molecule has 1 amide bonds. The normalized spacial score (nSPS) is 9.79. The molecule has 0 aromatic heterocycles. The zero-order valence-corrected chi connectivity index (χ0v) is 8.75. The van der Waals surface area contributed by atoms with E-state index in [0.29, 0.717) is 26.4 Å². The first-order chi connectivity index (χ1) is 6.81. The summed E-state index contributed by atoms with van der Waals surface area (Å²) in [6, 6.07) is 0. The zero-order valence-electron chi connectivity index (χ0n) is 8.75. The molecule has 0 aliphatic rings. The van der Waals surface area contributed by atoms with Crippen LogP contribution in [-0.2, 0) is 14.3 Å². The lowest BCUT2D eigenvalue weighted by Crippen LogP contribution is -2.23. The van der Waals surface area contributed by atoms with E-state index in [1.807, 2.05) is 6.92 Å². The van der Waals surface area contributed by atoms with Crippen LogP contribution < -0.4 is 5.32 Å². The lowest BCUT2D eigenvalue weighted by Gasteiger charge is -2.04. The fourth-order valence-corrected chi connectivity index (χ4v) is 0.822. The van der Waals surface area contributed by atoms with Gasteiger partial charge < -0.3 is 14.8 Å². The van der Waals surface area contributed by atoms with Gasteiger partial charge in [-0.2, -0.15) is 0 Å². The number of carbonyl (C=O) groups excluding carboxylic acids is 1. The van der Waals surface area contributed by atoms with Crippen LogP contribution in [0, 0.1) is 0 Å². The van der Waals surface area contributed by atoms with Crippen molar-refractivity contribution in [1.29, 1.82) is 0 Å². The lowest BCUT2D eigenvalue weighted by molar-refractivity contribution is -0.116. The van der Waals surface area contributed by atoms with E-state index in [1.54, 1.807) is 0 Å². The van der Waals surface area contributed by atoms with Crippen molar-refractivity contribution in [3.05, 3.63) is 12.7 Å². The Morgan fingerprint density at radius 3 is 2.71 bits per heavy atom. The van der Waals surface area contributed by atoms with Gasteiger partial charge in [-0.1, -0.05) is 6.58 Å². The molecule has 4 heteroatoms.